The number of nitrogens with one attached hydrogen (secondary N) is 2. The van der Waals surface area contributed by atoms with Crippen LogP contribution in [-0.4, -0.2) is 43.7 Å². The molecule has 0 radical (unpaired) electrons. The number of hydrogen-bond donors (Lipinski definition) is 2. The zero-order valence-corrected chi connectivity index (χ0v) is 25.3. The first-order valence-electron chi connectivity index (χ1n) is 15.8. The Labute approximate surface area is 234 Å². The van der Waals surface area contributed by atoms with Crippen LogP contribution in [0.25, 0.3) is 11.1 Å². The fourth-order valence-corrected chi connectivity index (χ4v) is 14.3. The van der Waals surface area contributed by atoms with Gasteiger partial charge in [-0.25, -0.2) is 0 Å². The third-order valence-corrected chi connectivity index (χ3v) is 15.3. The number of benzene rings is 2. The second-order valence-electron chi connectivity index (χ2n) is 13.5. The van der Waals surface area contributed by atoms with E-state index >= 15 is 0 Å². The number of hydrogen-bond acceptors (Lipinski definition) is 2. The fraction of sp³-hybridized carbons (Fsp3) is 0.647. The summed E-state index contributed by atoms with van der Waals surface area (Å²) in [5.74, 6) is 3.79. The van der Waals surface area contributed by atoms with Crippen molar-refractivity contribution in [2.75, 3.05) is 32.3 Å². The molecule has 38 heavy (non-hydrogen) atoms. The standard InChI is InChI=1S/C34H48N2P2/c37-22-33-28-15-24-14-25(16-28)19-34(33,18-24)32-11-10-27(26-6-2-1-3-7-26)17-29(32)23-38(30-8-4-12-35-20-30)31-9-5-13-36-21-31/h1-3,6-7,10-11,17,24-25,28,30-31,33,35-36H,4-5,8-9,12-16,18-23,37H2. The molecule has 2 saturated heterocycles. The van der Waals surface area contributed by atoms with Gasteiger partial charge in [0, 0.05) is 13.1 Å². The van der Waals surface area contributed by atoms with Crippen molar-refractivity contribution in [3.8, 4) is 11.1 Å². The van der Waals surface area contributed by atoms with Gasteiger partial charge in [-0.3, -0.25) is 0 Å². The van der Waals surface area contributed by atoms with E-state index in [2.05, 4.69) is 68.4 Å². The van der Waals surface area contributed by atoms with E-state index in [0.29, 0.717) is 5.41 Å². The van der Waals surface area contributed by atoms with E-state index in [4.69, 9.17) is 0 Å². The van der Waals surface area contributed by atoms with Crippen LogP contribution in [0.1, 0.15) is 68.9 Å². The predicted molar refractivity (Wildman–Crippen MR) is 168 cm³/mol. The normalized spacial score (nSPS) is 37.3. The van der Waals surface area contributed by atoms with Crippen LogP contribution in [0.3, 0.4) is 0 Å². The van der Waals surface area contributed by atoms with Crippen molar-refractivity contribution in [3.63, 3.8) is 0 Å². The summed E-state index contributed by atoms with van der Waals surface area (Å²) in [7, 11) is 3.15. The molecular weight excluding hydrogens is 498 g/mol. The van der Waals surface area contributed by atoms with Crippen molar-refractivity contribution in [2.45, 2.75) is 80.7 Å². The lowest BCUT2D eigenvalue weighted by molar-refractivity contribution is -0.0520. The molecule has 2 N–H and O–H groups in total. The summed E-state index contributed by atoms with van der Waals surface area (Å²) in [5, 5.41) is 7.62. The second-order valence-corrected chi connectivity index (χ2v) is 16.8. The topological polar surface area (TPSA) is 24.1 Å². The van der Waals surface area contributed by atoms with E-state index in [9.17, 15) is 0 Å². The van der Waals surface area contributed by atoms with Crippen LogP contribution in [0.2, 0.25) is 0 Å². The third-order valence-electron chi connectivity index (χ3n) is 11.4. The van der Waals surface area contributed by atoms with Crippen molar-refractivity contribution in [3.05, 3.63) is 59.7 Å². The smallest absolute Gasteiger partial charge is 0.00191 e. The van der Waals surface area contributed by atoms with Gasteiger partial charge in [-0.2, -0.15) is 0 Å². The summed E-state index contributed by atoms with van der Waals surface area (Å²) in [5.41, 5.74) is 8.56. The maximum atomic E-state index is 3.81. The summed E-state index contributed by atoms with van der Waals surface area (Å²) in [4.78, 5) is 0. The van der Waals surface area contributed by atoms with Gasteiger partial charge in [0.15, 0.2) is 0 Å². The molecule has 4 saturated carbocycles. The minimum atomic E-state index is -0.0608. The zero-order valence-electron chi connectivity index (χ0n) is 23.2. The van der Waals surface area contributed by atoms with E-state index in [1.807, 2.05) is 0 Å². The average molecular weight is 547 g/mol. The van der Waals surface area contributed by atoms with Gasteiger partial charge in [0.25, 0.3) is 0 Å². The summed E-state index contributed by atoms with van der Waals surface area (Å²) in [6.45, 7) is 4.95. The Morgan fingerprint density at radius 1 is 0.816 bits per heavy atom. The van der Waals surface area contributed by atoms with Gasteiger partial charge in [0.1, 0.15) is 0 Å². The fourth-order valence-electron chi connectivity index (χ4n) is 9.99. The molecule has 0 aromatic heterocycles. The lowest BCUT2D eigenvalue weighted by Gasteiger charge is -2.62. The summed E-state index contributed by atoms with van der Waals surface area (Å²) in [6, 6.07) is 19.0. The van der Waals surface area contributed by atoms with Gasteiger partial charge in [0.2, 0.25) is 0 Å². The molecule has 0 spiro atoms. The number of rotatable bonds is 7. The van der Waals surface area contributed by atoms with Crippen LogP contribution in [0.4, 0.5) is 0 Å². The molecule has 8 rings (SSSR count). The highest BCUT2D eigenvalue weighted by Crippen LogP contribution is 2.65. The maximum Gasteiger partial charge on any atom is 0.00191 e. The first-order valence-corrected chi connectivity index (χ1v) is 18.3. The summed E-state index contributed by atoms with van der Waals surface area (Å²) in [6.07, 6.45) is 15.7. The molecule has 2 heterocycles. The molecular formula is C34H48N2P2. The van der Waals surface area contributed by atoms with Crippen LogP contribution in [-0.2, 0) is 11.6 Å². The van der Waals surface area contributed by atoms with Gasteiger partial charge < -0.3 is 10.6 Å². The molecule has 6 fully saturated rings. The molecule has 4 bridgehead atoms. The highest BCUT2D eigenvalue weighted by atomic mass is 31.1. The molecule has 4 aliphatic carbocycles. The predicted octanol–water partition coefficient (Wildman–Crippen LogP) is 7.41. The third kappa shape index (κ3) is 4.85. The van der Waals surface area contributed by atoms with Crippen molar-refractivity contribution in [2.24, 2.45) is 23.7 Å². The minimum Gasteiger partial charge on any atom is -0.316 e. The Morgan fingerprint density at radius 3 is 2.11 bits per heavy atom. The molecule has 4 heteroatoms. The van der Waals surface area contributed by atoms with Crippen LogP contribution in [0, 0.1) is 23.7 Å². The molecule has 6 aliphatic rings. The highest BCUT2D eigenvalue weighted by molar-refractivity contribution is 7.58. The van der Waals surface area contributed by atoms with Gasteiger partial charge in [-0.05, 0) is 146 Å². The second kappa shape index (κ2) is 11.2. The van der Waals surface area contributed by atoms with Gasteiger partial charge >= 0.3 is 0 Å². The van der Waals surface area contributed by atoms with Gasteiger partial charge in [0.05, 0.1) is 0 Å². The first kappa shape index (κ1) is 26.1. The van der Waals surface area contributed by atoms with Gasteiger partial charge in [-0.1, -0.05) is 56.5 Å². The van der Waals surface area contributed by atoms with Crippen LogP contribution >= 0.6 is 17.2 Å². The van der Waals surface area contributed by atoms with Crippen LogP contribution in [0.5, 0.6) is 0 Å². The highest BCUT2D eigenvalue weighted by Gasteiger charge is 2.57. The maximum absolute atomic E-state index is 3.81. The largest absolute Gasteiger partial charge is 0.316 e. The van der Waals surface area contributed by atoms with Gasteiger partial charge in [-0.15, -0.1) is 9.24 Å². The monoisotopic (exact) mass is 546 g/mol. The molecule has 204 valence electrons. The Bertz CT molecular complexity index is 1060. The quantitative estimate of drug-likeness (QED) is 0.354. The van der Waals surface area contributed by atoms with E-state index in [0.717, 1.165) is 35.0 Å². The van der Waals surface area contributed by atoms with Crippen molar-refractivity contribution in [1.82, 2.24) is 10.6 Å². The minimum absolute atomic E-state index is 0.0608. The zero-order chi connectivity index (χ0) is 25.5. The molecule has 2 aromatic carbocycles. The molecule has 6 unspecified atom stereocenters. The van der Waals surface area contributed by atoms with E-state index in [-0.39, 0.29) is 7.92 Å². The van der Waals surface area contributed by atoms with Crippen molar-refractivity contribution < 1.29 is 0 Å². The van der Waals surface area contributed by atoms with Crippen LogP contribution in [0.15, 0.2) is 48.5 Å². The van der Waals surface area contributed by atoms with Crippen molar-refractivity contribution >= 4 is 17.2 Å². The SMILES string of the molecule is PCC1C2CC3CC(C2)CC1(c1ccc(-c2ccccc2)cc1CP(C1CCCNC1)C1CCCNC1)C3. The molecule has 2 aromatic rings. The Hall–Kier alpha value is -0.780. The lowest BCUT2D eigenvalue weighted by atomic mass is 9.43. The first-order chi connectivity index (χ1) is 18.7. The van der Waals surface area contributed by atoms with E-state index in [1.165, 1.54) is 107 Å². The summed E-state index contributed by atoms with van der Waals surface area (Å²) < 4.78 is 0. The Balaban J connectivity index is 1.32. The Morgan fingerprint density at radius 2 is 1.50 bits per heavy atom. The van der Waals surface area contributed by atoms with E-state index < -0.39 is 0 Å². The van der Waals surface area contributed by atoms with E-state index in [1.54, 1.807) is 11.1 Å². The van der Waals surface area contributed by atoms with Crippen molar-refractivity contribution in [1.29, 1.82) is 0 Å². The van der Waals surface area contributed by atoms with Crippen LogP contribution < -0.4 is 10.6 Å². The average Bonchev–Trinajstić information content (AvgIpc) is 2.97. The Kier molecular flexibility index (Phi) is 7.73. The summed E-state index contributed by atoms with van der Waals surface area (Å²) >= 11 is 0. The lowest BCUT2D eigenvalue weighted by Crippen LogP contribution is -2.56. The molecule has 2 nitrogen and oxygen atoms in total. The number of piperidine rings is 2. The molecule has 2 aliphatic heterocycles. The molecule has 6 atom stereocenters. The molecule has 0 amide bonds.